The number of hydrogen-bond donors (Lipinski definition) is 4. The SMILES string of the molecule is CC[C@H](O)CONC(=O)c1c[nH]ccnc(C)c(Cl)c1Nc1ccc(Br)cc1C. The summed E-state index contributed by atoms with van der Waals surface area (Å²) in [7, 11) is 0. The Bertz CT molecular complexity index is 919. The average molecular weight is 484 g/mol. The molecule has 0 spiro atoms. The molecule has 0 bridgehead atoms. The minimum atomic E-state index is -0.664. The number of hydroxylamine groups is 1. The van der Waals surface area contributed by atoms with Gasteiger partial charge in [-0.15, -0.1) is 0 Å². The third-order valence-electron chi connectivity index (χ3n) is 4.08. The van der Waals surface area contributed by atoms with Crippen molar-refractivity contribution < 1.29 is 14.7 Å². The maximum absolute atomic E-state index is 12.8. The topological polar surface area (TPSA) is 99.3 Å². The second kappa shape index (κ2) is 11.2. The summed E-state index contributed by atoms with van der Waals surface area (Å²) in [5, 5.41) is 13.1. The van der Waals surface area contributed by atoms with E-state index in [1.165, 1.54) is 6.20 Å². The van der Waals surface area contributed by atoms with Crippen LogP contribution in [0.15, 0.2) is 41.3 Å². The summed E-state index contributed by atoms with van der Waals surface area (Å²) in [5.41, 5.74) is 5.20. The number of nitrogens with zero attached hydrogens (tertiary/aromatic N) is 1. The van der Waals surface area contributed by atoms with Gasteiger partial charge in [-0.2, -0.15) is 0 Å². The molecule has 0 saturated carbocycles. The van der Waals surface area contributed by atoms with Gasteiger partial charge in [0, 0.05) is 28.8 Å². The fourth-order valence-corrected chi connectivity index (χ4v) is 3.00. The Morgan fingerprint density at radius 3 is 2.86 bits per heavy atom. The number of benzene rings is 1. The van der Waals surface area contributed by atoms with E-state index in [4.69, 9.17) is 16.4 Å². The van der Waals surface area contributed by atoms with Gasteiger partial charge in [-0.25, -0.2) is 5.48 Å². The number of anilines is 2. The molecular formula is C20H24BrClN4O3. The van der Waals surface area contributed by atoms with Crippen molar-refractivity contribution in [2.45, 2.75) is 33.3 Å². The summed E-state index contributed by atoms with van der Waals surface area (Å²) in [5.74, 6) is -0.528. The monoisotopic (exact) mass is 482 g/mol. The molecule has 0 aliphatic heterocycles. The first kappa shape index (κ1) is 23.2. The van der Waals surface area contributed by atoms with Crippen molar-refractivity contribution in [3.63, 3.8) is 0 Å². The second-order valence-electron chi connectivity index (χ2n) is 6.33. The van der Waals surface area contributed by atoms with Gasteiger partial charge in [-0.1, -0.05) is 34.5 Å². The van der Waals surface area contributed by atoms with Gasteiger partial charge < -0.3 is 15.4 Å². The fourth-order valence-electron chi connectivity index (χ4n) is 2.33. The van der Waals surface area contributed by atoms with E-state index in [0.717, 1.165) is 15.7 Å². The smallest absolute Gasteiger partial charge is 0.278 e. The second-order valence-corrected chi connectivity index (χ2v) is 7.63. The first-order valence-corrected chi connectivity index (χ1v) is 10.2. The van der Waals surface area contributed by atoms with Crippen molar-refractivity contribution in [3.05, 3.63) is 63.1 Å². The average Bonchev–Trinajstić information content (AvgIpc) is 2.75. The summed E-state index contributed by atoms with van der Waals surface area (Å²) in [4.78, 5) is 25.1. The van der Waals surface area contributed by atoms with Crippen LogP contribution in [0.4, 0.5) is 11.4 Å². The Morgan fingerprint density at radius 1 is 1.41 bits per heavy atom. The Kier molecular flexibility index (Phi) is 8.91. The molecule has 2 rings (SSSR count). The molecule has 0 unspecified atom stereocenters. The van der Waals surface area contributed by atoms with E-state index in [-0.39, 0.29) is 17.2 Å². The summed E-state index contributed by atoms with van der Waals surface area (Å²) >= 11 is 10.0. The lowest BCUT2D eigenvalue weighted by Crippen LogP contribution is -2.28. The summed E-state index contributed by atoms with van der Waals surface area (Å²) in [6.45, 7) is 5.49. The van der Waals surface area contributed by atoms with Crippen LogP contribution in [-0.4, -0.2) is 33.7 Å². The Hall–Kier alpha value is -2.13. The highest BCUT2D eigenvalue weighted by Crippen LogP contribution is 2.31. The number of aryl methyl sites for hydroxylation is 2. The highest BCUT2D eigenvalue weighted by Gasteiger charge is 2.16. The third kappa shape index (κ3) is 6.71. The number of nitrogens with one attached hydrogen (secondary N) is 3. The van der Waals surface area contributed by atoms with E-state index >= 15 is 0 Å². The van der Waals surface area contributed by atoms with Crippen molar-refractivity contribution >= 4 is 44.8 Å². The molecule has 0 saturated heterocycles. The van der Waals surface area contributed by atoms with Crippen molar-refractivity contribution in [2.24, 2.45) is 0 Å². The molecule has 1 amide bonds. The van der Waals surface area contributed by atoms with Gasteiger partial charge in [-0.3, -0.25) is 14.6 Å². The molecule has 2 aromatic rings. The van der Waals surface area contributed by atoms with E-state index in [0.29, 0.717) is 17.8 Å². The van der Waals surface area contributed by atoms with Crippen LogP contribution >= 0.6 is 27.5 Å². The zero-order chi connectivity index (χ0) is 21.4. The molecule has 1 heterocycles. The molecule has 4 N–H and O–H groups in total. The fraction of sp³-hybridized carbons (Fsp3) is 0.300. The number of halogens is 2. The number of aliphatic hydroxyl groups excluding tert-OH is 1. The lowest BCUT2D eigenvalue weighted by molar-refractivity contribution is -0.0133. The molecule has 1 atom stereocenters. The third-order valence-corrected chi connectivity index (χ3v) is 5.03. The van der Waals surface area contributed by atoms with E-state index in [1.807, 2.05) is 32.0 Å². The van der Waals surface area contributed by atoms with Crippen LogP contribution in [0.3, 0.4) is 0 Å². The van der Waals surface area contributed by atoms with Crippen molar-refractivity contribution in [1.29, 1.82) is 0 Å². The van der Waals surface area contributed by atoms with Gasteiger partial charge in [0.2, 0.25) is 0 Å². The number of amides is 1. The molecule has 29 heavy (non-hydrogen) atoms. The quantitative estimate of drug-likeness (QED) is 0.426. The molecule has 0 fully saturated rings. The zero-order valence-corrected chi connectivity index (χ0v) is 18.8. The van der Waals surface area contributed by atoms with E-state index in [9.17, 15) is 9.90 Å². The minimum absolute atomic E-state index is 0.0185. The molecule has 156 valence electrons. The van der Waals surface area contributed by atoms with Gasteiger partial charge >= 0.3 is 0 Å². The molecule has 9 heteroatoms. The number of aromatic nitrogens is 2. The number of hydrogen-bond acceptors (Lipinski definition) is 5. The Morgan fingerprint density at radius 2 is 2.17 bits per heavy atom. The van der Waals surface area contributed by atoms with Crippen molar-refractivity contribution in [3.8, 4) is 0 Å². The van der Waals surface area contributed by atoms with Crippen LogP contribution in [0.25, 0.3) is 0 Å². The van der Waals surface area contributed by atoms with E-state index in [2.05, 4.69) is 36.7 Å². The molecule has 7 nitrogen and oxygen atoms in total. The van der Waals surface area contributed by atoms with Gasteiger partial charge in [-0.05, 0) is 44.0 Å². The summed E-state index contributed by atoms with van der Waals surface area (Å²) in [6, 6.07) is 5.72. The summed E-state index contributed by atoms with van der Waals surface area (Å²) in [6.07, 6.45) is 4.48. The summed E-state index contributed by atoms with van der Waals surface area (Å²) < 4.78 is 0.940. The number of aliphatic hydroxyl groups is 1. The van der Waals surface area contributed by atoms with Gasteiger partial charge in [0.25, 0.3) is 5.91 Å². The van der Waals surface area contributed by atoms with Crippen LogP contribution in [0.1, 0.15) is 35.0 Å². The van der Waals surface area contributed by atoms with Gasteiger partial charge in [0.15, 0.2) is 0 Å². The van der Waals surface area contributed by atoms with E-state index < -0.39 is 12.0 Å². The Balaban J connectivity index is 2.49. The van der Waals surface area contributed by atoms with Crippen LogP contribution in [0.2, 0.25) is 5.02 Å². The largest absolute Gasteiger partial charge is 0.391 e. The molecule has 0 aliphatic carbocycles. The van der Waals surface area contributed by atoms with Gasteiger partial charge in [0.1, 0.15) is 6.61 Å². The predicted molar refractivity (Wildman–Crippen MR) is 118 cm³/mol. The maximum Gasteiger partial charge on any atom is 0.278 e. The van der Waals surface area contributed by atoms with E-state index in [1.54, 1.807) is 19.3 Å². The molecule has 1 aromatic heterocycles. The number of aromatic amines is 1. The standard InChI is InChI=1S/C20H24BrClN4O3/c1-4-15(27)11-29-26-20(28)16-10-23-7-8-24-13(3)18(22)19(16)25-17-6-5-14(21)9-12(17)2/h5-10,15,23,25,27H,4,11H2,1-3H3,(H,26,28)/t15-/m0/s1. The van der Waals surface area contributed by atoms with Crippen LogP contribution in [-0.2, 0) is 4.84 Å². The van der Waals surface area contributed by atoms with Gasteiger partial charge in [0.05, 0.1) is 28.1 Å². The maximum atomic E-state index is 12.8. The molecule has 1 aromatic carbocycles. The first-order chi connectivity index (χ1) is 13.8. The van der Waals surface area contributed by atoms with Crippen molar-refractivity contribution in [2.75, 3.05) is 11.9 Å². The molecule has 0 aliphatic rings. The van der Waals surface area contributed by atoms with Crippen LogP contribution in [0, 0.1) is 13.8 Å². The number of carbonyl (C=O) groups is 1. The van der Waals surface area contributed by atoms with Crippen LogP contribution in [0.5, 0.6) is 0 Å². The predicted octanol–water partition coefficient (Wildman–Crippen LogP) is 4.74. The number of rotatable bonds is 7. The van der Waals surface area contributed by atoms with Crippen LogP contribution < -0.4 is 10.8 Å². The Labute approximate surface area is 183 Å². The molecule has 0 radical (unpaired) electrons. The zero-order valence-electron chi connectivity index (χ0n) is 16.4. The number of H-pyrrole nitrogens is 1. The van der Waals surface area contributed by atoms with Crippen molar-refractivity contribution in [1.82, 2.24) is 15.4 Å². The molecular weight excluding hydrogens is 460 g/mol. The highest BCUT2D eigenvalue weighted by atomic mass is 79.9. The first-order valence-electron chi connectivity index (χ1n) is 9.03. The highest BCUT2D eigenvalue weighted by molar-refractivity contribution is 9.10. The minimum Gasteiger partial charge on any atom is -0.391 e. The normalized spacial score (nSPS) is 11.5. The lowest BCUT2D eigenvalue weighted by Gasteiger charge is -2.15. The lowest BCUT2D eigenvalue weighted by atomic mass is 10.1. The number of carbonyl (C=O) groups excluding carboxylic acids is 1.